The van der Waals surface area contributed by atoms with Crippen LogP contribution in [0.4, 0.5) is 10.1 Å². The van der Waals surface area contributed by atoms with Crippen molar-refractivity contribution in [1.82, 2.24) is 0 Å². The number of carboxylic acid groups (broad SMARTS) is 1. The van der Waals surface area contributed by atoms with Crippen molar-refractivity contribution in [1.29, 1.82) is 0 Å². The maximum absolute atomic E-state index is 12.7. The number of non-ortho nitro benzene ring substituents is 1. The van der Waals surface area contributed by atoms with Crippen molar-refractivity contribution in [3.8, 4) is 0 Å². The van der Waals surface area contributed by atoms with Crippen LogP contribution < -0.4 is 0 Å². The molecular formula is C19H18FNO5S. The number of thiol groups is 1. The number of aliphatic hydroxyl groups is 1. The van der Waals surface area contributed by atoms with Crippen LogP contribution in [0.2, 0.25) is 0 Å². The molecule has 0 aliphatic rings. The van der Waals surface area contributed by atoms with Crippen LogP contribution in [0.25, 0.3) is 10.8 Å². The molecule has 0 spiro atoms. The van der Waals surface area contributed by atoms with E-state index in [0.29, 0.717) is 6.07 Å². The predicted molar refractivity (Wildman–Crippen MR) is 104 cm³/mol. The number of nitrogens with zero attached hydrogens (tertiary/aromatic N) is 1. The van der Waals surface area contributed by atoms with E-state index in [9.17, 15) is 19.3 Å². The van der Waals surface area contributed by atoms with Gasteiger partial charge in [0.25, 0.3) is 5.69 Å². The van der Waals surface area contributed by atoms with Gasteiger partial charge in [-0.25, -0.2) is 9.18 Å². The first-order chi connectivity index (χ1) is 12.3. The molecule has 0 amide bonds. The van der Waals surface area contributed by atoms with Gasteiger partial charge in [-0.1, -0.05) is 37.8 Å². The third-order valence-corrected chi connectivity index (χ3v) is 3.90. The van der Waals surface area contributed by atoms with E-state index in [-0.39, 0.29) is 14.0 Å². The van der Waals surface area contributed by atoms with Crippen LogP contribution in [0.15, 0.2) is 59.5 Å². The number of halogens is 1. The minimum Gasteiger partial charge on any atom is -0.478 e. The summed E-state index contributed by atoms with van der Waals surface area (Å²) in [6.45, 7) is 0.0644. The van der Waals surface area contributed by atoms with E-state index in [1.807, 2.05) is 36.4 Å². The van der Waals surface area contributed by atoms with E-state index in [1.54, 1.807) is 0 Å². The zero-order valence-corrected chi connectivity index (χ0v) is 14.2. The molecular weight excluding hydrogens is 373 g/mol. The van der Waals surface area contributed by atoms with Crippen molar-refractivity contribution >= 4 is 35.1 Å². The Bertz CT molecular complexity index is 972. The number of carbonyl (C=O) groups is 1. The Morgan fingerprint density at radius 1 is 1.15 bits per heavy atom. The molecule has 2 N–H and O–H groups in total. The lowest BCUT2D eigenvalue weighted by molar-refractivity contribution is -0.384. The van der Waals surface area contributed by atoms with Gasteiger partial charge in [0, 0.05) is 22.4 Å². The second-order valence-electron chi connectivity index (χ2n) is 5.18. The summed E-state index contributed by atoms with van der Waals surface area (Å²) in [4.78, 5) is 20.6. The summed E-state index contributed by atoms with van der Waals surface area (Å²) in [7, 11) is 0. The van der Waals surface area contributed by atoms with Gasteiger partial charge < -0.3 is 10.2 Å². The molecule has 0 bridgehead atoms. The van der Waals surface area contributed by atoms with Crippen molar-refractivity contribution in [2.24, 2.45) is 0 Å². The van der Waals surface area contributed by atoms with Crippen LogP contribution in [-0.4, -0.2) is 21.1 Å². The number of nitro groups is 1. The van der Waals surface area contributed by atoms with Crippen molar-refractivity contribution in [2.45, 2.75) is 18.9 Å². The van der Waals surface area contributed by atoms with Gasteiger partial charge in [-0.05, 0) is 23.1 Å². The van der Waals surface area contributed by atoms with Gasteiger partial charge in [-0.3, -0.25) is 10.1 Å². The van der Waals surface area contributed by atoms with Crippen molar-refractivity contribution in [3.63, 3.8) is 0 Å². The fourth-order valence-electron chi connectivity index (χ4n) is 2.32. The highest BCUT2D eigenvalue weighted by molar-refractivity contribution is 7.80. The largest absolute Gasteiger partial charge is 0.478 e. The zero-order valence-electron chi connectivity index (χ0n) is 13.3. The summed E-state index contributed by atoms with van der Waals surface area (Å²) in [5, 5.41) is 29.9. The van der Waals surface area contributed by atoms with E-state index in [0.717, 1.165) is 33.4 Å². The molecule has 0 aliphatic carbocycles. The van der Waals surface area contributed by atoms with E-state index in [2.05, 4.69) is 12.6 Å². The molecule has 0 heterocycles. The van der Waals surface area contributed by atoms with Gasteiger partial charge in [0.2, 0.25) is 0 Å². The molecule has 0 aromatic heterocycles. The summed E-state index contributed by atoms with van der Waals surface area (Å²) in [6.07, 6.45) is 0. The molecule has 0 fully saturated rings. The van der Waals surface area contributed by atoms with Crippen molar-refractivity contribution < 1.29 is 24.3 Å². The highest BCUT2D eigenvalue weighted by atomic mass is 32.1. The van der Waals surface area contributed by atoms with Crippen LogP contribution in [0.1, 0.15) is 23.3 Å². The Morgan fingerprint density at radius 3 is 2.33 bits per heavy atom. The molecule has 0 saturated carbocycles. The maximum atomic E-state index is 12.7. The molecule has 0 aliphatic heterocycles. The minimum atomic E-state index is -1.53. The van der Waals surface area contributed by atoms with Gasteiger partial charge in [0.05, 0.1) is 11.5 Å². The fraction of sp³-hybridized carbons (Fsp3) is 0.105. The average Bonchev–Trinajstić information content (AvgIpc) is 2.62. The number of aromatic carboxylic acids is 1. The Morgan fingerprint density at radius 2 is 1.78 bits per heavy atom. The number of fused-ring (bicyclic) bond motifs is 1. The molecule has 6 nitrogen and oxygen atoms in total. The minimum absolute atomic E-state index is 0. The maximum Gasteiger partial charge on any atom is 0.338 e. The number of aliphatic hydroxyl groups excluding tert-OH is 1. The Kier molecular flexibility index (Phi) is 7.89. The first-order valence-corrected chi connectivity index (χ1v) is 7.77. The quantitative estimate of drug-likeness (QED) is 0.342. The molecule has 3 aromatic rings. The SMILES string of the molecule is C.O=C(O)c1cc([N+](=O)[O-])ccc1F.OCc1cccc2cccc(S)c12. The number of benzene rings is 3. The normalized spacial score (nSPS) is 9.74. The Hall–Kier alpha value is -2.97. The van der Waals surface area contributed by atoms with Crippen molar-refractivity contribution in [2.75, 3.05) is 0 Å². The van der Waals surface area contributed by atoms with Crippen LogP contribution in [0.5, 0.6) is 0 Å². The molecule has 3 rings (SSSR count). The highest BCUT2D eigenvalue weighted by Crippen LogP contribution is 2.25. The van der Waals surface area contributed by atoms with E-state index >= 15 is 0 Å². The second kappa shape index (κ2) is 9.65. The van der Waals surface area contributed by atoms with Gasteiger partial charge in [-0.2, -0.15) is 0 Å². The van der Waals surface area contributed by atoms with E-state index < -0.39 is 28.0 Å². The molecule has 0 atom stereocenters. The third-order valence-electron chi connectivity index (χ3n) is 3.53. The molecule has 0 radical (unpaired) electrons. The predicted octanol–water partition coefficient (Wildman–Crippen LogP) is 4.69. The highest BCUT2D eigenvalue weighted by Gasteiger charge is 2.15. The topological polar surface area (TPSA) is 101 Å². The summed E-state index contributed by atoms with van der Waals surface area (Å²) in [5.41, 5.74) is -0.212. The lowest BCUT2D eigenvalue weighted by Gasteiger charge is -2.05. The van der Waals surface area contributed by atoms with E-state index in [4.69, 9.17) is 10.2 Å². The van der Waals surface area contributed by atoms with Crippen LogP contribution in [-0.2, 0) is 6.61 Å². The lowest BCUT2D eigenvalue weighted by Crippen LogP contribution is -2.01. The van der Waals surface area contributed by atoms with Crippen LogP contribution >= 0.6 is 12.6 Å². The molecule has 27 heavy (non-hydrogen) atoms. The van der Waals surface area contributed by atoms with Gasteiger partial charge in [0.15, 0.2) is 0 Å². The van der Waals surface area contributed by atoms with Gasteiger partial charge in [-0.15, -0.1) is 12.6 Å². The fourth-order valence-corrected chi connectivity index (χ4v) is 2.68. The average molecular weight is 391 g/mol. The zero-order chi connectivity index (χ0) is 19.3. The number of hydrogen-bond donors (Lipinski definition) is 3. The molecule has 3 aromatic carbocycles. The standard InChI is InChI=1S/C11H10OS.C7H4FNO4.CH4/c12-7-9-5-1-3-8-4-2-6-10(13)11(8)9;8-6-2-1-4(9(12)13)3-5(6)7(10)11;/h1-6,12-13H,7H2;1-3H,(H,10,11);1H4. The lowest BCUT2D eigenvalue weighted by atomic mass is 10.1. The third kappa shape index (κ3) is 5.25. The first kappa shape index (κ1) is 22.1. The number of nitro benzene ring substituents is 1. The monoisotopic (exact) mass is 391 g/mol. The van der Waals surface area contributed by atoms with Crippen molar-refractivity contribution in [3.05, 3.63) is 81.7 Å². The Labute approximate surface area is 160 Å². The van der Waals surface area contributed by atoms with E-state index in [1.165, 1.54) is 0 Å². The van der Waals surface area contributed by atoms with Gasteiger partial charge in [0.1, 0.15) is 11.4 Å². The molecule has 8 heteroatoms. The number of hydrogen-bond acceptors (Lipinski definition) is 5. The molecule has 0 saturated heterocycles. The molecule has 0 unspecified atom stereocenters. The summed E-state index contributed by atoms with van der Waals surface area (Å²) in [6, 6.07) is 14.1. The number of rotatable bonds is 3. The smallest absolute Gasteiger partial charge is 0.338 e. The molecule has 142 valence electrons. The summed E-state index contributed by atoms with van der Waals surface area (Å²) < 4.78 is 12.7. The number of carboxylic acids is 1. The summed E-state index contributed by atoms with van der Waals surface area (Å²) >= 11 is 4.36. The first-order valence-electron chi connectivity index (χ1n) is 7.32. The summed E-state index contributed by atoms with van der Waals surface area (Å²) in [5.74, 6) is -2.51. The van der Waals surface area contributed by atoms with Crippen LogP contribution in [0.3, 0.4) is 0 Å². The second-order valence-corrected chi connectivity index (χ2v) is 5.66. The van der Waals surface area contributed by atoms with Crippen LogP contribution in [0, 0.1) is 15.9 Å². The van der Waals surface area contributed by atoms with Gasteiger partial charge >= 0.3 is 5.97 Å². The Balaban J connectivity index is 0.000000260.